The molecule has 0 aliphatic carbocycles. The molecule has 0 saturated carbocycles. The van der Waals surface area contributed by atoms with E-state index in [0.29, 0.717) is 5.69 Å². The first kappa shape index (κ1) is 13.1. The molecule has 1 atom stereocenters. The average molecular weight is 260 g/mol. The Balaban J connectivity index is 2.52. The van der Waals surface area contributed by atoms with Crippen molar-refractivity contribution in [1.82, 2.24) is 9.78 Å². The van der Waals surface area contributed by atoms with Gasteiger partial charge in [0, 0.05) is 0 Å². The third-order valence-electron chi connectivity index (χ3n) is 3.28. The molecule has 0 radical (unpaired) electrons. The molecule has 0 aliphatic heterocycles. The number of benzene rings is 1. The molecule has 1 unspecified atom stereocenters. The minimum atomic E-state index is -0.487. The fraction of sp³-hybridized carbons (Fsp3) is 0.308. The number of aromatic nitrogens is 2. The Bertz CT molecular complexity index is 634. The molecular formula is C13H16N4O2. The summed E-state index contributed by atoms with van der Waals surface area (Å²) in [4.78, 5) is 10.5. The molecule has 1 heterocycles. The smallest absolute Gasteiger partial charge is 0.333 e. The van der Waals surface area contributed by atoms with Gasteiger partial charge in [0.05, 0.1) is 11.0 Å². The summed E-state index contributed by atoms with van der Waals surface area (Å²) in [6, 6.07) is 7.70. The standard InChI is InChI=1S/C13H16N4O2/c1-8-6-4-5-7-11(8)10(3)16-13(14)12(17(18)19)9(2)15-16/h4-7,10H,14H2,1-3H3. The van der Waals surface area contributed by atoms with E-state index in [2.05, 4.69) is 5.10 Å². The van der Waals surface area contributed by atoms with Gasteiger partial charge in [-0.2, -0.15) is 5.10 Å². The zero-order chi connectivity index (χ0) is 14.2. The van der Waals surface area contributed by atoms with Crippen molar-refractivity contribution >= 4 is 11.5 Å². The molecule has 19 heavy (non-hydrogen) atoms. The van der Waals surface area contributed by atoms with Crippen LogP contribution in [0.25, 0.3) is 0 Å². The summed E-state index contributed by atoms with van der Waals surface area (Å²) in [5.41, 5.74) is 8.23. The monoisotopic (exact) mass is 260 g/mol. The van der Waals surface area contributed by atoms with E-state index in [9.17, 15) is 10.1 Å². The lowest BCUT2D eigenvalue weighted by atomic mass is 10.0. The van der Waals surface area contributed by atoms with Crippen molar-refractivity contribution in [3.63, 3.8) is 0 Å². The number of nitrogens with zero attached hydrogens (tertiary/aromatic N) is 3. The average Bonchev–Trinajstić information content (AvgIpc) is 2.64. The lowest BCUT2D eigenvalue weighted by Gasteiger charge is -2.16. The summed E-state index contributed by atoms with van der Waals surface area (Å²) in [6.45, 7) is 5.51. The van der Waals surface area contributed by atoms with Crippen LogP contribution in [0.5, 0.6) is 0 Å². The second-order valence-electron chi connectivity index (χ2n) is 4.55. The van der Waals surface area contributed by atoms with Gasteiger partial charge in [0.1, 0.15) is 5.69 Å². The number of aryl methyl sites for hydroxylation is 2. The Morgan fingerprint density at radius 2 is 2.00 bits per heavy atom. The zero-order valence-corrected chi connectivity index (χ0v) is 11.1. The van der Waals surface area contributed by atoms with E-state index in [-0.39, 0.29) is 17.5 Å². The van der Waals surface area contributed by atoms with E-state index >= 15 is 0 Å². The molecule has 2 N–H and O–H groups in total. The largest absolute Gasteiger partial charge is 0.378 e. The van der Waals surface area contributed by atoms with Crippen LogP contribution in [0, 0.1) is 24.0 Å². The van der Waals surface area contributed by atoms with Gasteiger partial charge in [-0.1, -0.05) is 24.3 Å². The number of anilines is 1. The molecule has 0 saturated heterocycles. The van der Waals surface area contributed by atoms with Gasteiger partial charge in [-0.25, -0.2) is 4.68 Å². The van der Waals surface area contributed by atoms with Crippen LogP contribution >= 0.6 is 0 Å². The van der Waals surface area contributed by atoms with Gasteiger partial charge in [-0.15, -0.1) is 0 Å². The molecule has 2 aromatic rings. The van der Waals surface area contributed by atoms with Crippen molar-refractivity contribution in [1.29, 1.82) is 0 Å². The van der Waals surface area contributed by atoms with E-state index < -0.39 is 4.92 Å². The number of nitrogens with two attached hydrogens (primary N) is 1. The first-order valence-electron chi connectivity index (χ1n) is 5.98. The fourth-order valence-corrected chi connectivity index (χ4v) is 2.26. The second-order valence-corrected chi connectivity index (χ2v) is 4.55. The number of hydrogen-bond donors (Lipinski definition) is 1. The van der Waals surface area contributed by atoms with Crippen LogP contribution in [0.1, 0.15) is 29.8 Å². The van der Waals surface area contributed by atoms with Crippen molar-refractivity contribution in [2.45, 2.75) is 26.8 Å². The molecule has 6 heteroatoms. The number of nitrogen functional groups attached to an aromatic ring is 1. The zero-order valence-electron chi connectivity index (χ0n) is 11.1. The van der Waals surface area contributed by atoms with Crippen LogP contribution in [-0.4, -0.2) is 14.7 Å². The maximum Gasteiger partial charge on any atom is 0.333 e. The summed E-state index contributed by atoms with van der Waals surface area (Å²) < 4.78 is 1.51. The SMILES string of the molecule is Cc1ccccc1C(C)n1nc(C)c([N+](=O)[O-])c1N. The van der Waals surface area contributed by atoms with Gasteiger partial charge in [-0.05, 0) is 31.9 Å². The topological polar surface area (TPSA) is 87.0 Å². The normalized spacial score (nSPS) is 12.4. The van der Waals surface area contributed by atoms with Crippen LogP contribution in [0.2, 0.25) is 0 Å². The first-order valence-corrected chi connectivity index (χ1v) is 5.98. The van der Waals surface area contributed by atoms with E-state index in [4.69, 9.17) is 5.73 Å². The Labute approximate surface area is 111 Å². The van der Waals surface area contributed by atoms with Gasteiger partial charge >= 0.3 is 5.69 Å². The summed E-state index contributed by atoms with van der Waals surface area (Å²) in [7, 11) is 0. The van der Waals surface area contributed by atoms with E-state index in [1.54, 1.807) is 6.92 Å². The molecule has 0 bridgehead atoms. The number of nitro groups is 1. The quantitative estimate of drug-likeness (QED) is 0.678. The van der Waals surface area contributed by atoms with Crippen LogP contribution < -0.4 is 5.73 Å². The summed E-state index contributed by atoms with van der Waals surface area (Å²) in [5, 5.41) is 15.2. The van der Waals surface area contributed by atoms with Crippen LogP contribution in [0.4, 0.5) is 11.5 Å². The number of rotatable bonds is 3. The molecule has 6 nitrogen and oxygen atoms in total. The maximum absolute atomic E-state index is 11.0. The summed E-state index contributed by atoms with van der Waals surface area (Å²) >= 11 is 0. The molecule has 1 aromatic carbocycles. The highest BCUT2D eigenvalue weighted by atomic mass is 16.6. The van der Waals surface area contributed by atoms with E-state index in [1.807, 2.05) is 38.1 Å². The Kier molecular flexibility index (Phi) is 3.25. The minimum Gasteiger partial charge on any atom is -0.378 e. The Hall–Kier alpha value is -2.37. The minimum absolute atomic E-state index is 0.0956. The van der Waals surface area contributed by atoms with E-state index in [0.717, 1.165) is 11.1 Å². The van der Waals surface area contributed by atoms with Gasteiger partial charge in [0.15, 0.2) is 0 Å². The lowest BCUT2D eigenvalue weighted by molar-refractivity contribution is -0.384. The Morgan fingerprint density at radius 1 is 1.37 bits per heavy atom. The highest BCUT2D eigenvalue weighted by molar-refractivity contribution is 5.56. The molecule has 0 spiro atoms. The van der Waals surface area contributed by atoms with Crippen molar-refractivity contribution in [3.8, 4) is 0 Å². The highest BCUT2D eigenvalue weighted by Gasteiger charge is 2.26. The third kappa shape index (κ3) is 2.16. The van der Waals surface area contributed by atoms with Gasteiger partial charge in [0.25, 0.3) is 0 Å². The first-order chi connectivity index (χ1) is 8.93. The molecule has 1 aromatic heterocycles. The summed E-state index contributed by atoms with van der Waals surface area (Å²) in [6.07, 6.45) is 0. The van der Waals surface area contributed by atoms with Crippen LogP contribution in [0.3, 0.4) is 0 Å². The molecule has 2 rings (SSSR count). The highest BCUT2D eigenvalue weighted by Crippen LogP contribution is 2.31. The molecule has 0 amide bonds. The molecular weight excluding hydrogens is 244 g/mol. The number of hydrogen-bond acceptors (Lipinski definition) is 4. The van der Waals surface area contributed by atoms with Crippen molar-refractivity contribution in [2.75, 3.05) is 5.73 Å². The molecule has 0 aliphatic rings. The van der Waals surface area contributed by atoms with Gasteiger partial charge in [0.2, 0.25) is 5.82 Å². The summed E-state index contributed by atoms with van der Waals surface area (Å²) in [5.74, 6) is 0.0956. The third-order valence-corrected chi connectivity index (χ3v) is 3.28. The predicted octanol–water partition coefficient (Wildman–Crippen LogP) is 2.60. The lowest BCUT2D eigenvalue weighted by Crippen LogP contribution is -2.13. The van der Waals surface area contributed by atoms with E-state index in [1.165, 1.54) is 4.68 Å². The van der Waals surface area contributed by atoms with Gasteiger partial charge in [-0.3, -0.25) is 10.1 Å². The molecule has 0 fully saturated rings. The van der Waals surface area contributed by atoms with Crippen molar-refractivity contribution < 1.29 is 4.92 Å². The van der Waals surface area contributed by atoms with Crippen LogP contribution in [0.15, 0.2) is 24.3 Å². The fourth-order valence-electron chi connectivity index (χ4n) is 2.26. The maximum atomic E-state index is 11.0. The van der Waals surface area contributed by atoms with Crippen LogP contribution in [-0.2, 0) is 0 Å². The second kappa shape index (κ2) is 4.72. The molecule has 100 valence electrons. The predicted molar refractivity (Wildman–Crippen MR) is 73.0 cm³/mol. The Morgan fingerprint density at radius 3 is 2.53 bits per heavy atom. The van der Waals surface area contributed by atoms with Crippen molar-refractivity contribution in [2.24, 2.45) is 0 Å². The van der Waals surface area contributed by atoms with Gasteiger partial charge < -0.3 is 5.73 Å². The van der Waals surface area contributed by atoms with Crippen molar-refractivity contribution in [3.05, 3.63) is 51.2 Å².